The summed E-state index contributed by atoms with van der Waals surface area (Å²) in [5.41, 5.74) is 3.96. The van der Waals surface area contributed by atoms with E-state index in [0.29, 0.717) is 5.56 Å². The Hall–Kier alpha value is -2.09. The highest BCUT2D eigenvalue weighted by molar-refractivity contribution is 5.70. The maximum atomic E-state index is 11.9. The van der Waals surface area contributed by atoms with Gasteiger partial charge in [0, 0.05) is 5.56 Å². The van der Waals surface area contributed by atoms with Gasteiger partial charge >= 0.3 is 0 Å². The summed E-state index contributed by atoms with van der Waals surface area (Å²) in [5, 5.41) is 10.2. The maximum absolute atomic E-state index is 11.9. The molecule has 0 saturated heterocycles. The minimum atomic E-state index is -0.463. The normalized spacial score (nSPS) is 13.6. The smallest absolute Gasteiger partial charge is 0.131 e. The van der Waals surface area contributed by atoms with Gasteiger partial charge in [-0.1, -0.05) is 77.9 Å². The van der Waals surface area contributed by atoms with Crippen LogP contribution in [0, 0.1) is 0 Å². The molecule has 2 aromatic rings. The van der Waals surface area contributed by atoms with E-state index in [2.05, 4.69) is 59.7 Å². The van der Waals surface area contributed by atoms with E-state index in [-0.39, 0.29) is 16.6 Å². The second-order valence-electron chi connectivity index (χ2n) is 8.52. The van der Waals surface area contributed by atoms with Crippen LogP contribution in [0.3, 0.4) is 0 Å². The molecule has 2 rings (SSSR count). The van der Waals surface area contributed by atoms with E-state index in [0.717, 1.165) is 11.8 Å². The molecule has 0 radical (unpaired) electrons. The van der Waals surface area contributed by atoms with Gasteiger partial charge in [0.15, 0.2) is 0 Å². The largest absolute Gasteiger partial charge is 0.508 e. The zero-order valence-corrected chi connectivity index (χ0v) is 15.6. The summed E-state index contributed by atoms with van der Waals surface area (Å²) in [6.07, 6.45) is 0.920. The summed E-state index contributed by atoms with van der Waals surface area (Å²) in [6, 6.07) is 13.5. The predicted octanol–water partition coefficient (Wildman–Crippen LogP) is 5.32. The summed E-state index contributed by atoms with van der Waals surface area (Å²) < 4.78 is 0. The number of carbonyl (C=O) groups excluding carboxylic acids is 1. The Labute approximate surface area is 145 Å². The second kappa shape index (κ2) is 6.43. The molecule has 0 saturated carbocycles. The van der Waals surface area contributed by atoms with E-state index in [9.17, 15) is 9.90 Å². The summed E-state index contributed by atoms with van der Waals surface area (Å²) in [5.74, 6) is -0.303. The highest BCUT2D eigenvalue weighted by Gasteiger charge is 2.24. The van der Waals surface area contributed by atoms with Gasteiger partial charge in [-0.15, -0.1) is 0 Å². The van der Waals surface area contributed by atoms with Crippen molar-refractivity contribution in [2.75, 3.05) is 0 Å². The van der Waals surface area contributed by atoms with E-state index < -0.39 is 5.92 Å². The van der Waals surface area contributed by atoms with Crippen LogP contribution in [0.4, 0.5) is 0 Å². The third-order valence-electron chi connectivity index (χ3n) is 4.45. The van der Waals surface area contributed by atoms with Crippen molar-refractivity contribution in [3.05, 3.63) is 64.7 Å². The number of carbonyl (C=O) groups is 1. The van der Waals surface area contributed by atoms with Crippen LogP contribution in [-0.2, 0) is 15.6 Å². The molecule has 0 fully saturated rings. The molecule has 1 unspecified atom stereocenters. The zero-order valence-electron chi connectivity index (χ0n) is 15.6. The molecule has 0 bridgehead atoms. The Morgan fingerprint density at radius 2 is 1.38 bits per heavy atom. The fraction of sp³-hybridized carbons (Fsp3) is 0.409. The molecule has 2 aromatic carbocycles. The molecule has 0 aliphatic rings. The van der Waals surface area contributed by atoms with Gasteiger partial charge in [0.1, 0.15) is 12.0 Å². The number of aldehydes is 1. The Balaban J connectivity index is 2.67. The fourth-order valence-electron chi connectivity index (χ4n) is 2.78. The fourth-order valence-corrected chi connectivity index (χ4v) is 2.78. The number of hydrogen-bond donors (Lipinski definition) is 1. The number of hydrogen-bond acceptors (Lipinski definition) is 2. The summed E-state index contributed by atoms with van der Waals surface area (Å²) in [4.78, 5) is 11.9. The average molecular weight is 324 g/mol. The number of rotatable bonds is 3. The monoisotopic (exact) mass is 324 g/mol. The lowest BCUT2D eigenvalue weighted by atomic mass is 9.77. The van der Waals surface area contributed by atoms with Gasteiger partial charge in [-0.25, -0.2) is 0 Å². The third kappa shape index (κ3) is 3.87. The lowest BCUT2D eigenvalue weighted by molar-refractivity contribution is -0.108. The molecular weight excluding hydrogens is 296 g/mol. The molecule has 0 aliphatic carbocycles. The van der Waals surface area contributed by atoms with E-state index in [4.69, 9.17) is 0 Å². The van der Waals surface area contributed by atoms with Crippen LogP contribution in [0.1, 0.15) is 69.7 Å². The van der Waals surface area contributed by atoms with Crippen LogP contribution in [0.25, 0.3) is 0 Å². The zero-order chi connectivity index (χ0) is 18.1. The van der Waals surface area contributed by atoms with Crippen molar-refractivity contribution in [2.45, 2.75) is 58.3 Å². The molecule has 128 valence electrons. The van der Waals surface area contributed by atoms with Crippen molar-refractivity contribution in [3.8, 4) is 5.75 Å². The molecule has 0 amide bonds. The Morgan fingerprint density at radius 1 is 0.875 bits per heavy atom. The first-order valence-electron chi connectivity index (χ1n) is 8.43. The summed E-state index contributed by atoms with van der Waals surface area (Å²) >= 11 is 0. The van der Waals surface area contributed by atoms with Crippen molar-refractivity contribution >= 4 is 6.29 Å². The maximum Gasteiger partial charge on any atom is 0.131 e. The van der Waals surface area contributed by atoms with Gasteiger partial charge in [-0.05, 0) is 33.6 Å². The quantitative estimate of drug-likeness (QED) is 0.776. The minimum absolute atomic E-state index is 0.0117. The van der Waals surface area contributed by atoms with Crippen molar-refractivity contribution in [1.82, 2.24) is 0 Å². The molecule has 2 nitrogen and oxygen atoms in total. The van der Waals surface area contributed by atoms with E-state index in [1.54, 1.807) is 12.1 Å². The van der Waals surface area contributed by atoms with Gasteiger partial charge in [0.2, 0.25) is 0 Å². The van der Waals surface area contributed by atoms with Gasteiger partial charge in [0.25, 0.3) is 0 Å². The number of phenols is 1. The topological polar surface area (TPSA) is 37.3 Å². The van der Waals surface area contributed by atoms with E-state index in [1.807, 2.05) is 12.1 Å². The minimum Gasteiger partial charge on any atom is -0.508 e. The Morgan fingerprint density at radius 3 is 1.79 bits per heavy atom. The van der Waals surface area contributed by atoms with Crippen molar-refractivity contribution < 1.29 is 9.90 Å². The van der Waals surface area contributed by atoms with Crippen LogP contribution < -0.4 is 0 Å². The molecule has 0 aliphatic heterocycles. The second-order valence-corrected chi connectivity index (χ2v) is 8.52. The van der Waals surface area contributed by atoms with E-state index >= 15 is 0 Å². The van der Waals surface area contributed by atoms with Crippen LogP contribution >= 0.6 is 0 Å². The van der Waals surface area contributed by atoms with Gasteiger partial charge in [0.05, 0.1) is 5.92 Å². The first kappa shape index (κ1) is 18.3. The number of benzene rings is 2. The number of aromatic hydroxyl groups is 1. The van der Waals surface area contributed by atoms with Gasteiger partial charge in [-0.3, -0.25) is 0 Å². The molecule has 2 heteroatoms. The van der Waals surface area contributed by atoms with Crippen LogP contribution in [0.5, 0.6) is 5.75 Å². The average Bonchev–Trinajstić information content (AvgIpc) is 2.48. The van der Waals surface area contributed by atoms with Crippen LogP contribution in [-0.4, -0.2) is 11.4 Å². The van der Waals surface area contributed by atoms with Gasteiger partial charge < -0.3 is 9.90 Å². The lowest BCUT2D eigenvalue weighted by Gasteiger charge is -2.27. The molecule has 0 spiro atoms. The molecule has 1 atom stereocenters. The van der Waals surface area contributed by atoms with E-state index in [1.165, 1.54) is 11.1 Å². The van der Waals surface area contributed by atoms with Crippen molar-refractivity contribution in [3.63, 3.8) is 0 Å². The molecule has 0 heterocycles. The predicted molar refractivity (Wildman–Crippen MR) is 99.9 cm³/mol. The molecule has 1 N–H and O–H groups in total. The molecule has 0 aromatic heterocycles. The van der Waals surface area contributed by atoms with Gasteiger partial charge in [-0.2, -0.15) is 0 Å². The number of phenolic OH excluding ortho intramolecular Hbond substituents is 1. The summed E-state index contributed by atoms with van der Waals surface area (Å²) in [6.45, 7) is 13.1. The third-order valence-corrected chi connectivity index (χ3v) is 4.45. The van der Waals surface area contributed by atoms with Crippen molar-refractivity contribution in [1.29, 1.82) is 0 Å². The highest BCUT2D eigenvalue weighted by Crippen LogP contribution is 2.36. The number of para-hydroxylation sites is 1. The van der Waals surface area contributed by atoms with Crippen LogP contribution in [0.2, 0.25) is 0 Å². The lowest BCUT2D eigenvalue weighted by Crippen LogP contribution is -2.18. The highest BCUT2D eigenvalue weighted by atomic mass is 16.3. The molecular formula is C22H28O2. The Kier molecular flexibility index (Phi) is 4.89. The standard InChI is InChI=1S/C22H28O2/c1-21(2,3)16-11-15(12-17(13-16)22(4,5)6)19(14-23)18-9-7-8-10-20(18)24/h7-14,19,24H,1-6H3. The van der Waals surface area contributed by atoms with Crippen molar-refractivity contribution in [2.24, 2.45) is 0 Å². The first-order chi connectivity index (χ1) is 11.0. The first-order valence-corrected chi connectivity index (χ1v) is 8.43. The molecule has 24 heavy (non-hydrogen) atoms. The SMILES string of the molecule is CC(C)(C)c1cc(C(C=O)c2ccccc2O)cc(C(C)(C)C)c1. The summed E-state index contributed by atoms with van der Waals surface area (Å²) in [7, 11) is 0. The Bertz CT molecular complexity index is 698. The van der Waals surface area contributed by atoms with Crippen LogP contribution in [0.15, 0.2) is 42.5 Å².